The molecule has 6 heterocycles. The van der Waals surface area contributed by atoms with Crippen LogP contribution in [0.4, 0.5) is 17.1 Å². The van der Waals surface area contributed by atoms with Gasteiger partial charge in [-0.2, -0.15) is 29.9 Å². The zero-order valence-electron chi connectivity index (χ0n) is 53.2. The lowest BCUT2D eigenvalue weighted by Crippen LogP contribution is -2.05. The van der Waals surface area contributed by atoms with Crippen LogP contribution in [0.2, 0.25) is 0 Å². The Bertz CT molecular complexity index is 4210. The van der Waals surface area contributed by atoms with Crippen molar-refractivity contribution in [2.75, 3.05) is 13.2 Å². The molecule has 16 rings (SSSR count). The summed E-state index contributed by atoms with van der Waals surface area (Å²) >= 11 is 0. The predicted molar refractivity (Wildman–Crippen MR) is 375 cm³/mol. The Balaban J connectivity index is 0.000000410. The second-order valence-electron chi connectivity index (χ2n) is 21.3. The molecule has 19 nitrogen and oxygen atoms in total. The van der Waals surface area contributed by atoms with Crippen molar-refractivity contribution in [3.8, 4) is 105 Å². The summed E-state index contributed by atoms with van der Waals surface area (Å²) in [6.45, 7) is 9.83. The SMILES string of the molecule is C(=Nc1ccccc1)c1ccc(-c2nc3nc(n2)Oc2cc4cc(c2)Oc2nc(nc(-c5ccc(C=Nc6ccccc6)cc5)n2)Oc2cc(cc(c2)Oc2nc(nc(-c5ccc(C=Nc6ccccc6)cc5)n2)O4)O3)cc1.CCOCC.Cc1ccccc1.Cc1ccccc1. The summed E-state index contributed by atoms with van der Waals surface area (Å²) in [6.07, 6.45) is 5.33. The molecule has 476 valence electrons. The zero-order valence-corrected chi connectivity index (χ0v) is 53.2. The molecule has 0 aliphatic carbocycles. The molecule has 0 N–H and O–H groups in total. The largest absolute Gasteiger partial charge is 0.424 e. The van der Waals surface area contributed by atoms with Crippen LogP contribution in [0.15, 0.2) is 276 Å². The number of ether oxygens (including phenoxy) is 7. The average molecular weight is 1280 g/mol. The summed E-state index contributed by atoms with van der Waals surface area (Å²) in [5.74, 6) is 1.71. The summed E-state index contributed by atoms with van der Waals surface area (Å²) in [5, 5.41) is 0. The molecule has 3 aliphatic rings. The lowest BCUT2D eigenvalue weighted by Gasteiger charge is -2.16. The van der Waals surface area contributed by atoms with E-state index in [1.807, 2.05) is 214 Å². The van der Waals surface area contributed by atoms with E-state index in [1.54, 1.807) is 55.0 Å². The van der Waals surface area contributed by atoms with E-state index in [0.717, 1.165) is 47.0 Å². The Labute approximate surface area is 560 Å². The van der Waals surface area contributed by atoms with Crippen molar-refractivity contribution in [1.29, 1.82) is 0 Å². The summed E-state index contributed by atoms with van der Waals surface area (Å²) < 4.78 is 43.6. The van der Waals surface area contributed by atoms with Crippen molar-refractivity contribution in [2.45, 2.75) is 27.7 Å². The summed E-state index contributed by atoms with van der Waals surface area (Å²) in [6, 6.07) is 80.9. The normalized spacial score (nSPS) is 11.6. The molecule has 0 fully saturated rings. The highest BCUT2D eigenvalue weighted by Crippen LogP contribution is 2.40. The van der Waals surface area contributed by atoms with Crippen molar-refractivity contribution in [3.63, 3.8) is 0 Å². The van der Waals surface area contributed by atoms with Gasteiger partial charge >= 0.3 is 36.1 Å². The first-order valence-corrected chi connectivity index (χ1v) is 31.0. The summed E-state index contributed by atoms with van der Waals surface area (Å²) in [5.41, 5.74) is 9.60. The molecule has 0 saturated carbocycles. The van der Waals surface area contributed by atoms with Crippen LogP contribution in [0.3, 0.4) is 0 Å². The van der Waals surface area contributed by atoms with Gasteiger partial charge in [-0.1, -0.05) is 199 Å². The van der Waals surface area contributed by atoms with Gasteiger partial charge in [-0.3, -0.25) is 15.0 Å². The third kappa shape index (κ3) is 18.8. The Morgan fingerprint density at radius 1 is 0.278 bits per heavy atom. The van der Waals surface area contributed by atoms with Gasteiger partial charge in [-0.15, -0.1) is 15.0 Å². The number of rotatable bonds is 11. The van der Waals surface area contributed by atoms with E-state index in [-0.39, 0.29) is 88.0 Å². The van der Waals surface area contributed by atoms with Crippen molar-refractivity contribution >= 4 is 35.7 Å². The molecular formula is C78H62N12O7. The van der Waals surface area contributed by atoms with E-state index in [0.29, 0.717) is 16.7 Å². The molecule has 3 aliphatic heterocycles. The van der Waals surface area contributed by atoms with Gasteiger partial charge in [-0.25, -0.2) is 0 Å². The minimum Gasteiger partial charge on any atom is -0.424 e. The second-order valence-corrected chi connectivity index (χ2v) is 21.3. The van der Waals surface area contributed by atoms with Crippen molar-refractivity contribution in [3.05, 3.63) is 289 Å². The van der Waals surface area contributed by atoms with E-state index in [2.05, 4.69) is 68.0 Å². The Kier molecular flexibility index (Phi) is 21.2. The standard InChI is InChI=1S/C60H36N12O6.2C7H8.C4H10O/c1-4-10-43(11-5-1)61-34-37-16-22-40(23-17-37)52-64-55-70-56(65-52)74-47-29-49-33-51(31-47)78-60-69-54(42-26-20-39(21-27-42)36-63-45-14-8-3-9-15-45)68-59(72-60)77-50-30-46(73-55)28-48(32-50)75-57-66-53(67-58(71-57)76-49)41-24-18-38(19-25-41)35-62-44-12-6-2-7-13-44;2*1-7-5-3-2-4-6-7;1-3-5-4-2/h1-36H;2*2-6H,1H3;3-4H2,1-2H3. The molecule has 3 aromatic heterocycles. The third-order valence-electron chi connectivity index (χ3n) is 13.9. The fourth-order valence-corrected chi connectivity index (χ4v) is 9.17. The number of nitrogens with zero attached hydrogens (tertiary/aromatic N) is 12. The van der Waals surface area contributed by atoms with Crippen molar-refractivity contribution < 1.29 is 33.2 Å². The molecule has 0 radical (unpaired) electrons. The van der Waals surface area contributed by atoms with Crippen LogP contribution in [0.5, 0.6) is 70.6 Å². The van der Waals surface area contributed by atoms with Crippen molar-refractivity contribution in [1.82, 2.24) is 44.9 Å². The fourth-order valence-electron chi connectivity index (χ4n) is 9.17. The van der Waals surface area contributed by atoms with E-state index in [4.69, 9.17) is 63.1 Å². The van der Waals surface area contributed by atoms with E-state index >= 15 is 0 Å². The van der Waals surface area contributed by atoms with E-state index in [9.17, 15) is 0 Å². The van der Waals surface area contributed by atoms with Gasteiger partial charge in [-0.05, 0) is 80.8 Å². The number of aryl methyl sites for hydroxylation is 2. The van der Waals surface area contributed by atoms with Crippen LogP contribution < -0.4 is 28.4 Å². The van der Waals surface area contributed by atoms with Crippen LogP contribution in [0.1, 0.15) is 41.7 Å². The third-order valence-corrected chi connectivity index (χ3v) is 13.9. The van der Waals surface area contributed by atoms with Crippen LogP contribution in [0, 0.1) is 13.8 Å². The quantitative estimate of drug-likeness (QED) is 0.110. The van der Waals surface area contributed by atoms with Crippen LogP contribution >= 0.6 is 0 Å². The maximum Gasteiger partial charge on any atom is 0.328 e. The Morgan fingerprint density at radius 2 is 0.495 bits per heavy atom. The van der Waals surface area contributed by atoms with Crippen LogP contribution in [-0.4, -0.2) is 76.7 Å². The highest BCUT2D eigenvalue weighted by molar-refractivity contribution is 5.84. The predicted octanol–water partition coefficient (Wildman–Crippen LogP) is 18.9. The molecule has 97 heavy (non-hydrogen) atoms. The number of hydrogen-bond acceptors (Lipinski definition) is 19. The van der Waals surface area contributed by atoms with Gasteiger partial charge in [0.25, 0.3) is 0 Å². The number of aliphatic imine (C=N–C) groups is 3. The molecule has 0 atom stereocenters. The van der Waals surface area contributed by atoms with Gasteiger partial charge in [0.1, 0.15) is 34.5 Å². The lowest BCUT2D eigenvalue weighted by atomic mass is 10.1. The van der Waals surface area contributed by atoms with Gasteiger partial charge in [0.05, 0.1) is 17.1 Å². The Hall–Kier alpha value is -13.0. The number of aromatic nitrogens is 9. The van der Waals surface area contributed by atoms with E-state index < -0.39 is 0 Å². The lowest BCUT2D eigenvalue weighted by molar-refractivity contribution is 0.162. The number of para-hydroxylation sites is 3. The second kappa shape index (κ2) is 32.0. The van der Waals surface area contributed by atoms with Gasteiger partial charge < -0.3 is 33.2 Å². The maximum atomic E-state index is 6.46. The molecular weight excluding hydrogens is 1220 g/mol. The molecule has 0 saturated heterocycles. The maximum absolute atomic E-state index is 6.46. The minimum absolute atomic E-state index is 0.125. The first kappa shape index (κ1) is 64.1. The van der Waals surface area contributed by atoms with E-state index in [1.165, 1.54) is 11.1 Å². The molecule has 19 heteroatoms. The first-order valence-electron chi connectivity index (χ1n) is 31.0. The molecule has 13 aromatic rings. The summed E-state index contributed by atoms with van der Waals surface area (Å²) in [4.78, 5) is 55.9. The number of hydrogen-bond donors (Lipinski definition) is 0. The van der Waals surface area contributed by atoms with Crippen LogP contribution in [-0.2, 0) is 4.74 Å². The molecule has 10 aromatic carbocycles. The zero-order chi connectivity index (χ0) is 66.4. The monoisotopic (exact) mass is 1280 g/mol. The topological polar surface area (TPSA) is 218 Å². The Morgan fingerprint density at radius 3 is 0.680 bits per heavy atom. The molecule has 12 bridgehead atoms. The first-order chi connectivity index (χ1) is 47.6. The minimum atomic E-state index is -0.125. The average Bonchev–Trinajstić information content (AvgIpc) is 0.816. The highest BCUT2D eigenvalue weighted by Gasteiger charge is 2.22. The van der Waals surface area contributed by atoms with Gasteiger partial charge in [0.15, 0.2) is 17.5 Å². The molecule has 0 unspecified atom stereocenters. The smallest absolute Gasteiger partial charge is 0.328 e. The molecule has 0 amide bonds. The molecule has 0 spiro atoms. The number of benzene rings is 10. The fraction of sp³-hybridized carbons (Fsp3) is 0.0769. The summed E-state index contributed by atoms with van der Waals surface area (Å²) in [7, 11) is 0. The highest BCUT2D eigenvalue weighted by atomic mass is 16.5. The van der Waals surface area contributed by atoms with Gasteiger partial charge in [0.2, 0.25) is 0 Å². The van der Waals surface area contributed by atoms with Gasteiger partial charge in [0, 0.05) is 84.9 Å². The van der Waals surface area contributed by atoms with Crippen LogP contribution in [0.25, 0.3) is 34.2 Å². The van der Waals surface area contributed by atoms with Crippen molar-refractivity contribution in [2.24, 2.45) is 15.0 Å².